The lowest BCUT2D eigenvalue weighted by Crippen LogP contribution is -2.50. The molecule has 10 heteroatoms. The van der Waals surface area contributed by atoms with Crippen molar-refractivity contribution in [2.75, 3.05) is 50.6 Å². The van der Waals surface area contributed by atoms with Crippen LogP contribution in [0.3, 0.4) is 0 Å². The molecule has 1 saturated heterocycles. The van der Waals surface area contributed by atoms with Gasteiger partial charge in [0, 0.05) is 44.0 Å². The van der Waals surface area contributed by atoms with Crippen LogP contribution in [0.15, 0.2) is 28.7 Å². The minimum atomic E-state index is -0.266. The predicted molar refractivity (Wildman–Crippen MR) is 114 cm³/mol. The van der Waals surface area contributed by atoms with E-state index in [9.17, 15) is 4.79 Å². The van der Waals surface area contributed by atoms with Crippen LogP contribution in [-0.4, -0.2) is 61.3 Å². The van der Waals surface area contributed by atoms with Crippen molar-refractivity contribution in [3.63, 3.8) is 0 Å². The standard InChI is InChI=1S/C20H22ClN5O4/c1-12-8-13(10-14(9-12)28-2)25-4-6-26(7-5-25)20(27)23-17-19(29-3)24-18-15(22-17)11-16(21)30-18/h8-11H,4-7H2,1-3H3,(H,22,23,27). The number of piperazine rings is 1. The topological polar surface area (TPSA) is 93.0 Å². The first kappa shape index (κ1) is 20.1. The Morgan fingerprint density at radius 3 is 2.57 bits per heavy atom. The number of fused-ring (bicyclic) bond motifs is 1. The van der Waals surface area contributed by atoms with Crippen molar-refractivity contribution in [1.29, 1.82) is 0 Å². The van der Waals surface area contributed by atoms with Crippen LogP contribution >= 0.6 is 11.6 Å². The van der Waals surface area contributed by atoms with Gasteiger partial charge in [0.2, 0.25) is 5.71 Å². The van der Waals surface area contributed by atoms with Gasteiger partial charge in [0.05, 0.1) is 14.2 Å². The number of ether oxygens (including phenoxy) is 2. The van der Waals surface area contributed by atoms with Gasteiger partial charge in [0.1, 0.15) is 11.3 Å². The maximum absolute atomic E-state index is 12.8. The summed E-state index contributed by atoms with van der Waals surface area (Å²) >= 11 is 5.86. The Hall–Kier alpha value is -3.20. The Bertz CT molecular complexity index is 1080. The normalized spacial score (nSPS) is 14.1. The van der Waals surface area contributed by atoms with Gasteiger partial charge in [-0.25, -0.2) is 9.78 Å². The summed E-state index contributed by atoms with van der Waals surface area (Å²) in [6.45, 7) is 4.59. The van der Waals surface area contributed by atoms with Crippen LogP contribution in [-0.2, 0) is 0 Å². The molecule has 3 aromatic rings. The number of anilines is 2. The zero-order valence-electron chi connectivity index (χ0n) is 16.9. The van der Waals surface area contributed by atoms with Crippen LogP contribution < -0.4 is 19.7 Å². The fraction of sp³-hybridized carbons (Fsp3) is 0.350. The Morgan fingerprint density at radius 1 is 1.10 bits per heavy atom. The molecular formula is C20H22ClN5O4. The van der Waals surface area contributed by atoms with Crippen molar-refractivity contribution in [3.8, 4) is 11.6 Å². The third-order valence-electron chi connectivity index (χ3n) is 4.92. The second-order valence-corrected chi connectivity index (χ2v) is 7.31. The number of aryl methyl sites for hydroxylation is 1. The van der Waals surface area contributed by atoms with E-state index in [-0.39, 0.29) is 28.7 Å². The van der Waals surface area contributed by atoms with Gasteiger partial charge in [-0.15, -0.1) is 0 Å². The molecule has 1 N–H and O–H groups in total. The van der Waals surface area contributed by atoms with E-state index in [4.69, 9.17) is 25.5 Å². The molecule has 0 radical (unpaired) electrons. The highest BCUT2D eigenvalue weighted by molar-refractivity contribution is 6.29. The Kier molecular flexibility index (Phi) is 5.54. The number of hydrogen-bond acceptors (Lipinski definition) is 7. The number of rotatable bonds is 4. The molecule has 9 nitrogen and oxygen atoms in total. The fourth-order valence-corrected chi connectivity index (χ4v) is 3.59. The summed E-state index contributed by atoms with van der Waals surface area (Å²) in [4.78, 5) is 25.3. The van der Waals surface area contributed by atoms with E-state index in [1.165, 1.54) is 13.2 Å². The highest BCUT2D eigenvalue weighted by Gasteiger charge is 2.24. The van der Waals surface area contributed by atoms with Gasteiger partial charge in [-0.05, 0) is 36.2 Å². The highest BCUT2D eigenvalue weighted by atomic mass is 35.5. The Labute approximate surface area is 178 Å². The van der Waals surface area contributed by atoms with Gasteiger partial charge < -0.3 is 23.7 Å². The highest BCUT2D eigenvalue weighted by Crippen LogP contribution is 2.28. The van der Waals surface area contributed by atoms with E-state index in [2.05, 4.69) is 26.3 Å². The summed E-state index contributed by atoms with van der Waals surface area (Å²) < 4.78 is 15.8. The van der Waals surface area contributed by atoms with Gasteiger partial charge >= 0.3 is 6.03 Å². The molecule has 1 aliphatic rings. The summed E-state index contributed by atoms with van der Waals surface area (Å²) in [7, 11) is 3.11. The average molecular weight is 432 g/mol. The van der Waals surface area contributed by atoms with E-state index >= 15 is 0 Å². The number of halogens is 1. The number of carbonyl (C=O) groups is 1. The molecule has 30 heavy (non-hydrogen) atoms. The largest absolute Gasteiger partial charge is 0.497 e. The van der Waals surface area contributed by atoms with Crippen LogP contribution in [0.5, 0.6) is 11.6 Å². The molecule has 1 fully saturated rings. The number of benzene rings is 1. The molecule has 2 amide bonds. The summed E-state index contributed by atoms with van der Waals surface area (Å²) in [6.07, 6.45) is 0. The van der Waals surface area contributed by atoms with Crippen molar-refractivity contribution in [2.24, 2.45) is 0 Å². The summed E-state index contributed by atoms with van der Waals surface area (Å²) in [5, 5.41) is 2.95. The number of nitrogens with one attached hydrogen (secondary N) is 1. The molecule has 2 aromatic heterocycles. The Morgan fingerprint density at radius 2 is 1.87 bits per heavy atom. The van der Waals surface area contributed by atoms with E-state index < -0.39 is 0 Å². The number of carbonyl (C=O) groups excluding carboxylic acids is 1. The van der Waals surface area contributed by atoms with Gasteiger partial charge in [0.15, 0.2) is 11.0 Å². The zero-order valence-corrected chi connectivity index (χ0v) is 17.7. The van der Waals surface area contributed by atoms with Gasteiger partial charge in [-0.2, -0.15) is 4.98 Å². The smallest absolute Gasteiger partial charge is 0.323 e. The van der Waals surface area contributed by atoms with E-state index in [0.717, 1.165) is 17.0 Å². The van der Waals surface area contributed by atoms with Gasteiger partial charge in [-0.3, -0.25) is 5.32 Å². The molecule has 4 rings (SSSR count). The first-order chi connectivity index (χ1) is 14.5. The molecule has 0 aliphatic carbocycles. The third kappa shape index (κ3) is 4.06. The lowest BCUT2D eigenvalue weighted by atomic mass is 10.1. The second kappa shape index (κ2) is 8.27. The molecule has 0 spiro atoms. The first-order valence-corrected chi connectivity index (χ1v) is 9.82. The molecule has 0 atom stereocenters. The van der Waals surface area contributed by atoms with Crippen molar-refractivity contribution in [2.45, 2.75) is 6.92 Å². The van der Waals surface area contributed by atoms with Crippen molar-refractivity contribution in [3.05, 3.63) is 35.0 Å². The van der Waals surface area contributed by atoms with Crippen LogP contribution in [0.1, 0.15) is 5.56 Å². The Balaban J connectivity index is 1.44. The molecule has 0 saturated carbocycles. The number of aromatic nitrogens is 2. The monoisotopic (exact) mass is 431 g/mol. The fourth-order valence-electron chi connectivity index (χ4n) is 3.42. The number of urea groups is 1. The van der Waals surface area contributed by atoms with E-state index in [0.29, 0.717) is 31.7 Å². The molecule has 0 bridgehead atoms. The van der Waals surface area contributed by atoms with E-state index in [1.54, 1.807) is 12.0 Å². The van der Waals surface area contributed by atoms with E-state index in [1.807, 2.05) is 19.1 Å². The maximum atomic E-state index is 12.8. The van der Waals surface area contributed by atoms with Crippen LogP contribution in [0.4, 0.5) is 16.3 Å². The van der Waals surface area contributed by atoms with Crippen LogP contribution in [0, 0.1) is 6.92 Å². The minimum Gasteiger partial charge on any atom is -0.497 e. The first-order valence-electron chi connectivity index (χ1n) is 9.44. The van der Waals surface area contributed by atoms with Crippen LogP contribution in [0.2, 0.25) is 5.22 Å². The molecular weight excluding hydrogens is 410 g/mol. The lowest BCUT2D eigenvalue weighted by Gasteiger charge is -2.36. The quantitative estimate of drug-likeness (QED) is 0.675. The van der Waals surface area contributed by atoms with Crippen molar-refractivity contribution >= 4 is 40.4 Å². The SMILES string of the molecule is COc1cc(C)cc(N2CCN(C(=O)Nc3nc4cc(Cl)oc4nc3OC)CC2)c1. The zero-order chi connectivity index (χ0) is 21.3. The maximum Gasteiger partial charge on any atom is 0.323 e. The van der Waals surface area contributed by atoms with Gasteiger partial charge in [-0.1, -0.05) is 0 Å². The number of methoxy groups -OCH3 is 2. The summed E-state index contributed by atoms with van der Waals surface area (Å²) in [6, 6.07) is 7.39. The number of furan rings is 1. The molecule has 158 valence electrons. The lowest BCUT2D eigenvalue weighted by molar-refractivity contribution is 0.208. The summed E-state index contributed by atoms with van der Waals surface area (Å²) in [5.41, 5.74) is 2.90. The number of hydrogen-bond donors (Lipinski definition) is 1. The van der Waals surface area contributed by atoms with Crippen molar-refractivity contribution < 1.29 is 18.7 Å². The van der Waals surface area contributed by atoms with Crippen molar-refractivity contribution in [1.82, 2.24) is 14.9 Å². The molecule has 1 aromatic carbocycles. The number of nitrogens with zero attached hydrogens (tertiary/aromatic N) is 4. The van der Waals surface area contributed by atoms with Crippen LogP contribution in [0.25, 0.3) is 11.2 Å². The third-order valence-corrected chi connectivity index (χ3v) is 5.11. The summed E-state index contributed by atoms with van der Waals surface area (Å²) in [5.74, 6) is 1.20. The number of amides is 2. The average Bonchev–Trinajstić information content (AvgIpc) is 3.11. The predicted octanol–water partition coefficient (Wildman–Crippen LogP) is 3.56. The van der Waals surface area contributed by atoms with Gasteiger partial charge in [0.25, 0.3) is 5.88 Å². The molecule has 0 unspecified atom stereocenters. The molecule has 3 heterocycles. The minimum absolute atomic E-state index is 0.160. The second-order valence-electron chi connectivity index (χ2n) is 6.94. The molecule has 1 aliphatic heterocycles.